The quantitative estimate of drug-likeness (QED) is 0.913. The van der Waals surface area contributed by atoms with Crippen LogP contribution in [-0.4, -0.2) is 13.0 Å². The Kier molecular flexibility index (Phi) is 3.51. The smallest absolute Gasteiger partial charge is 0.224 e. The Bertz CT molecular complexity index is 651. The maximum absolute atomic E-state index is 11.4. The molecule has 0 aliphatic carbocycles. The van der Waals surface area contributed by atoms with E-state index in [1.807, 2.05) is 25.2 Å². The summed E-state index contributed by atoms with van der Waals surface area (Å²) in [4.78, 5) is 11.4. The Morgan fingerprint density at radius 2 is 2.15 bits per heavy atom. The number of hydrogen-bond acceptors (Lipinski definition) is 3. The molecule has 3 rings (SSSR count). The van der Waals surface area contributed by atoms with E-state index in [9.17, 15) is 4.79 Å². The van der Waals surface area contributed by atoms with Crippen LogP contribution in [0, 0.1) is 0 Å². The molecule has 0 fully saturated rings. The van der Waals surface area contributed by atoms with Crippen LogP contribution in [0.3, 0.4) is 0 Å². The lowest BCUT2D eigenvalue weighted by atomic mass is 9.96. The maximum Gasteiger partial charge on any atom is 0.224 e. The van der Waals surface area contributed by atoms with Crippen molar-refractivity contribution >= 4 is 23.2 Å². The zero-order valence-corrected chi connectivity index (χ0v) is 11.8. The zero-order chi connectivity index (χ0) is 14.1. The summed E-state index contributed by atoms with van der Waals surface area (Å²) in [5.74, 6) is 0.852. The van der Waals surface area contributed by atoms with Crippen molar-refractivity contribution in [2.45, 2.75) is 18.9 Å². The fraction of sp³-hybridized carbons (Fsp3) is 0.267. The molecule has 1 unspecified atom stereocenters. The van der Waals surface area contributed by atoms with Gasteiger partial charge in [-0.05, 0) is 54.4 Å². The number of nitrogens with one attached hydrogen (secondary N) is 2. The van der Waals surface area contributed by atoms with E-state index in [2.05, 4.69) is 16.7 Å². The number of fused-ring (bicyclic) bond motifs is 1. The minimum Gasteiger partial charge on any atom is -0.448 e. The Hall–Kier alpha value is -1.78. The van der Waals surface area contributed by atoms with Gasteiger partial charge in [0.05, 0.1) is 6.04 Å². The lowest BCUT2D eigenvalue weighted by Gasteiger charge is -2.20. The van der Waals surface area contributed by atoms with Gasteiger partial charge >= 0.3 is 0 Å². The molecule has 0 radical (unpaired) electrons. The van der Waals surface area contributed by atoms with Gasteiger partial charge in [-0.3, -0.25) is 4.79 Å². The first-order valence-electron chi connectivity index (χ1n) is 6.52. The van der Waals surface area contributed by atoms with Crippen LogP contribution in [-0.2, 0) is 11.2 Å². The van der Waals surface area contributed by atoms with Gasteiger partial charge in [-0.25, -0.2) is 0 Å². The van der Waals surface area contributed by atoms with Crippen molar-refractivity contribution in [3.8, 4) is 0 Å². The summed E-state index contributed by atoms with van der Waals surface area (Å²) >= 11 is 5.84. The van der Waals surface area contributed by atoms with Gasteiger partial charge in [0.2, 0.25) is 5.91 Å². The molecule has 20 heavy (non-hydrogen) atoms. The van der Waals surface area contributed by atoms with Crippen molar-refractivity contribution in [1.82, 2.24) is 5.32 Å². The molecule has 2 N–H and O–H groups in total. The third-order valence-electron chi connectivity index (χ3n) is 3.53. The molecule has 1 atom stereocenters. The normalized spacial score (nSPS) is 15.6. The summed E-state index contributed by atoms with van der Waals surface area (Å²) in [5, 5.41) is 6.49. The highest BCUT2D eigenvalue weighted by Crippen LogP contribution is 2.30. The predicted molar refractivity (Wildman–Crippen MR) is 78.0 cm³/mol. The number of carbonyl (C=O) groups is 1. The molecular formula is C15H15ClN2O2. The van der Waals surface area contributed by atoms with Gasteiger partial charge in [0.25, 0.3) is 0 Å². The summed E-state index contributed by atoms with van der Waals surface area (Å²) in [6.45, 7) is 0. The number of amides is 1. The second kappa shape index (κ2) is 5.31. The third kappa shape index (κ3) is 2.44. The third-order valence-corrected chi connectivity index (χ3v) is 3.73. The Balaban J connectivity index is 1.95. The van der Waals surface area contributed by atoms with Crippen LogP contribution in [0.2, 0.25) is 5.22 Å². The van der Waals surface area contributed by atoms with E-state index in [0.717, 1.165) is 29.0 Å². The Morgan fingerprint density at radius 3 is 2.85 bits per heavy atom. The van der Waals surface area contributed by atoms with Crippen LogP contribution in [0.4, 0.5) is 5.69 Å². The molecule has 0 bridgehead atoms. The second-order valence-corrected chi connectivity index (χ2v) is 5.20. The lowest BCUT2D eigenvalue weighted by Crippen LogP contribution is -2.21. The maximum atomic E-state index is 11.4. The highest BCUT2D eigenvalue weighted by Gasteiger charge is 2.20. The zero-order valence-electron chi connectivity index (χ0n) is 11.1. The summed E-state index contributed by atoms with van der Waals surface area (Å²) in [7, 11) is 1.88. The van der Waals surface area contributed by atoms with Crippen LogP contribution in [0.25, 0.3) is 0 Å². The Morgan fingerprint density at radius 1 is 1.30 bits per heavy atom. The summed E-state index contributed by atoms with van der Waals surface area (Å²) in [5.41, 5.74) is 3.14. The number of hydrogen-bond donors (Lipinski definition) is 2. The van der Waals surface area contributed by atoms with E-state index >= 15 is 0 Å². The molecule has 1 aliphatic rings. The summed E-state index contributed by atoms with van der Waals surface area (Å²) < 4.78 is 5.49. The first-order chi connectivity index (χ1) is 9.67. The largest absolute Gasteiger partial charge is 0.448 e. The lowest BCUT2D eigenvalue weighted by molar-refractivity contribution is -0.116. The number of halogens is 1. The van der Waals surface area contributed by atoms with Crippen LogP contribution in [0.1, 0.15) is 29.3 Å². The molecule has 5 heteroatoms. The van der Waals surface area contributed by atoms with E-state index in [-0.39, 0.29) is 11.9 Å². The minimum atomic E-state index is -0.0505. The molecule has 4 nitrogen and oxygen atoms in total. The highest BCUT2D eigenvalue weighted by molar-refractivity contribution is 6.28. The molecule has 0 spiro atoms. The average Bonchev–Trinajstić information content (AvgIpc) is 2.86. The summed E-state index contributed by atoms with van der Waals surface area (Å²) in [6.07, 6.45) is 1.30. The van der Waals surface area contributed by atoms with Gasteiger partial charge in [-0.2, -0.15) is 0 Å². The molecule has 1 amide bonds. The number of anilines is 1. The van der Waals surface area contributed by atoms with Crippen molar-refractivity contribution in [2.75, 3.05) is 12.4 Å². The van der Waals surface area contributed by atoms with Crippen LogP contribution in [0.5, 0.6) is 0 Å². The monoisotopic (exact) mass is 290 g/mol. The number of benzene rings is 1. The van der Waals surface area contributed by atoms with Crippen LogP contribution >= 0.6 is 11.6 Å². The number of rotatable bonds is 3. The van der Waals surface area contributed by atoms with Gasteiger partial charge in [-0.1, -0.05) is 12.1 Å². The number of furan rings is 1. The second-order valence-electron chi connectivity index (χ2n) is 4.83. The van der Waals surface area contributed by atoms with Gasteiger partial charge in [-0.15, -0.1) is 0 Å². The standard InChI is InChI=1S/C15H15ClN2O2/c1-17-15(12-5-6-13(16)20-12)10-2-4-11-9(8-10)3-7-14(19)18-11/h2,4-6,8,15,17H,3,7H2,1H3,(H,18,19). The first kappa shape index (κ1) is 13.2. The van der Waals surface area contributed by atoms with Crippen molar-refractivity contribution in [2.24, 2.45) is 0 Å². The van der Waals surface area contributed by atoms with Crippen LogP contribution in [0.15, 0.2) is 34.7 Å². The first-order valence-corrected chi connectivity index (χ1v) is 6.90. The van der Waals surface area contributed by atoms with E-state index in [1.165, 1.54) is 0 Å². The van der Waals surface area contributed by atoms with E-state index < -0.39 is 0 Å². The fourth-order valence-corrected chi connectivity index (χ4v) is 2.69. The molecule has 0 saturated carbocycles. The van der Waals surface area contributed by atoms with E-state index in [1.54, 1.807) is 6.07 Å². The molecule has 1 aliphatic heterocycles. The van der Waals surface area contributed by atoms with Gasteiger partial charge in [0.1, 0.15) is 5.76 Å². The topological polar surface area (TPSA) is 54.3 Å². The predicted octanol–water partition coefficient (Wildman–Crippen LogP) is 3.13. The van der Waals surface area contributed by atoms with Crippen molar-refractivity contribution < 1.29 is 9.21 Å². The molecule has 2 heterocycles. The minimum absolute atomic E-state index is 0.0505. The molecular weight excluding hydrogens is 276 g/mol. The van der Waals surface area contributed by atoms with E-state index in [0.29, 0.717) is 11.6 Å². The molecule has 1 aromatic heterocycles. The van der Waals surface area contributed by atoms with Crippen molar-refractivity contribution in [3.05, 3.63) is 52.4 Å². The van der Waals surface area contributed by atoms with Gasteiger partial charge in [0.15, 0.2) is 5.22 Å². The molecule has 1 aromatic carbocycles. The highest BCUT2D eigenvalue weighted by atomic mass is 35.5. The molecule has 104 valence electrons. The number of aryl methyl sites for hydroxylation is 1. The Labute approximate surface area is 122 Å². The van der Waals surface area contributed by atoms with Crippen LogP contribution < -0.4 is 10.6 Å². The average molecular weight is 291 g/mol. The van der Waals surface area contributed by atoms with Gasteiger partial charge in [0, 0.05) is 12.1 Å². The molecule has 0 saturated heterocycles. The van der Waals surface area contributed by atoms with Crippen molar-refractivity contribution in [3.63, 3.8) is 0 Å². The van der Waals surface area contributed by atoms with Crippen molar-refractivity contribution in [1.29, 1.82) is 0 Å². The van der Waals surface area contributed by atoms with Gasteiger partial charge < -0.3 is 15.1 Å². The number of carbonyl (C=O) groups excluding carboxylic acids is 1. The van der Waals surface area contributed by atoms with E-state index in [4.69, 9.17) is 16.0 Å². The molecule has 2 aromatic rings. The fourth-order valence-electron chi connectivity index (χ4n) is 2.54. The summed E-state index contributed by atoms with van der Waals surface area (Å²) in [6, 6.07) is 9.58. The SMILES string of the molecule is CNC(c1ccc2c(c1)CCC(=O)N2)c1ccc(Cl)o1.